The Morgan fingerprint density at radius 2 is 1.86 bits per heavy atom. The van der Waals surface area contributed by atoms with E-state index in [1.54, 1.807) is 12.1 Å². The maximum atomic E-state index is 11.4. The highest BCUT2D eigenvalue weighted by atomic mass is 32.2. The summed E-state index contributed by atoms with van der Waals surface area (Å²) < 4.78 is 22.9. The summed E-state index contributed by atoms with van der Waals surface area (Å²) in [4.78, 5) is 0.188. The number of sulfone groups is 1. The zero-order valence-corrected chi connectivity index (χ0v) is 8.29. The van der Waals surface area contributed by atoms with Crippen LogP contribution in [0.4, 0.5) is 0 Å². The third-order valence-electron chi connectivity index (χ3n) is 1.74. The average Bonchev–Trinajstić information content (AvgIpc) is 2.18. The molecule has 0 unspecified atom stereocenters. The molecule has 0 bridgehead atoms. The topological polar surface area (TPSA) is 54.4 Å². The van der Waals surface area contributed by atoms with Crippen LogP contribution >= 0.6 is 0 Å². The molecule has 1 rings (SSSR count). The fraction of sp³-hybridized carbons (Fsp3) is 0.200. The zero-order valence-electron chi connectivity index (χ0n) is 7.47. The van der Waals surface area contributed by atoms with Crippen molar-refractivity contribution in [1.29, 1.82) is 0 Å². The first kappa shape index (κ1) is 10.8. The van der Waals surface area contributed by atoms with Crippen LogP contribution in [0.3, 0.4) is 0 Å². The molecule has 4 heteroatoms. The molecule has 3 nitrogen and oxygen atoms in total. The summed E-state index contributed by atoms with van der Waals surface area (Å²) in [5.74, 6) is 1.80. The first-order chi connectivity index (χ1) is 6.60. The Balaban J connectivity index is 3.05. The van der Waals surface area contributed by atoms with E-state index in [4.69, 9.17) is 11.5 Å². The van der Waals surface area contributed by atoms with Crippen molar-refractivity contribution in [2.24, 2.45) is 0 Å². The number of hydrogen-bond donors (Lipinski definition) is 1. The molecule has 74 valence electrons. The Morgan fingerprint density at radius 1 is 1.29 bits per heavy atom. The highest BCUT2D eigenvalue weighted by Gasteiger charge is 2.11. The van der Waals surface area contributed by atoms with Crippen LogP contribution in [-0.4, -0.2) is 19.3 Å². The van der Waals surface area contributed by atoms with Crippen LogP contribution in [0.2, 0.25) is 0 Å². The van der Waals surface area contributed by atoms with E-state index < -0.39 is 9.84 Å². The molecule has 0 saturated carbocycles. The van der Waals surface area contributed by atoms with Gasteiger partial charge in [0.2, 0.25) is 0 Å². The first-order valence-corrected chi connectivity index (χ1v) is 5.61. The summed E-state index contributed by atoms with van der Waals surface area (Å²) in [6, 6.07) is 6.00. The summed E-state index contributed by atoms with van der Waals surface area (Å²) >= 11 is 0. The van der Waals surface area contributed by atoms with Crippen molar-refractivity contribution < 1.29 is 13.5 Å². The Hall–Kier alpha value is -1.31. The molecule has 0 saturated heterocycles. The van der Waals surface area contributed by atoms with Gasteiger partial charge in [-0.15, -0.1) is 6.42 Å². The number of benzene rings is 1. The fourth-order valence-corrected chi connectivity index (χ4v) is 1.93. The van der Waals surface area contributed by atoms with Crippen molar-refractivity contribution in [3.05, 3.63) is 29.8 Å². The predicted molar refractivity (Wildman–Crippen MR) is 53.3 cm³/mol. The van der Waals surface area contributed by atoms with Crippen molar-refractivity contribution in [2.75, 3.05) is 5.75 Å². The van der Waals surface area contributed by atoms with Crippen LogP contribution in [0.25, 0.3) is 0 Å². The standard InChI is InChI=1S/C10H10O3S/c1-2-7-14(12,13)10-5-3-9(8-11)4-6-10/h1,3-6,11H,7-8H2. The zero-order chi connectivity index (χ0) is 10.6. The lowest BCUT2D eigenvalue weighted by atomic mass is 10.2. The van der Waals surface area contributed by atoms with Crippen LogP contribution in [0.1, 0.15) is 5.56 Å². The normalized spacial score (nSPS) is 10.9. The molecule has 0 atom stereocenters. The van der Waals surface area contributed by atoms with Gasteiger partial charge in [-0.05, 0) is 17.7 Å². The molecule has 1 aromatic carbocycles. The van der Waals surface area contributed by atoms with Gasteiger partial charge in [-0.25, -0.2) is 8.42 Å². The van der Waals surface area contributed by atoms with E-state index in [0.717, 1.165) is 0 Å². The van der Waals surface area contributed by atoms with E-state index in [1.807, 2.05) is 0 Å². The van der Waals surface area contributed by atoms with Crippen molar-refractivity contribution >= 4 is 9.84 Å². The largest absolute Gasteiger partial charge is 0.392 e. The Labute approximate surface area is 83.3 Å². The van der Waals surface area contributed by atoms with Gasteiger partial charge >= 0.3 is 0 Å². The Morgan fingerprint density at radius 3 is 2.29 bits per heavy atom. The highest BCUT2D eigenvalue weighted by molar-refractivity contribution is 7.91. The summed E-state index contributed by atoms with van der Waals surface area (Å²) in [7, 11) is -3.35. The molecule has 0 aliphatic rings. The minimum atomic E-state index is -3.35. The van der Waals surface area contributed by atoms with Crippen molar-refractivity contribution in [3.8, 4) is 12.3 Å². The van der Waals surface area contributed by atoms with Gasteiger partial charge in [0.1, 0.15) is 5.75 Å². The van der Waals surface area contributed by atoms with Crippen molar-refractivity contribution in [1.82, 2.24) is 0 Å². The van der Waals surface area contributed by atoms with Crippen LogP contribution in [0, 0.1) is 12.3 Å². The average molecular weight is 210 g/mol. The van der Waals surface area contributed by atoms with Crippen LogP contribution in [-0.2, 0) is 16.4 Å². The quantitative estimate of drug-likeness (QED) is 0.743. The molecular formula is C10H10O3S. The lowest BCUT2D eigenvalue weighted by Crippen LogP contribution is -2.04. The molecular weight excluding hydrogens is 200 g/mol. The van der Waals surface area contributed by atoms with E-state index in [0.29, 0.717) is 5.56 Å². The molecule has 1 aromatic rings. The fourth-order valence-electron chi connectivity index (χ4n) is 0.995. The van der Waals surface area contributed by atoms with E-state index in [1.165, 1.54) is 12.1 Å². The minimum absolute atomic E-state index is 0.102. The van der Waals surface area contributed by atoms with Gasteiger partial charge in [-0.3, -0.25) is 0 Å². The maximum Gasteiger partial charge on any atom is 0.189 e. The van der Waals surface area contributed by atoms with Crippen LogP contribution in [0.5, 0.6) is 0 Å². The molecule has 1 N–H and O–H groups in total. The number of aliphatic hydroxyl groups excluding tert-OH is 1. The van der Waals surface area contributed by atoms with Gasteiger partial charge in [0.15, 0.2) is 9.84 Å². The number of aliphatic hydroxyl groups is 1. The van der Waals surface area contributed by atoms with E-state index in [-0.39, 0.29) is 17.3 Å². The SMILES string of the molecule is C#CCS(=O)(=O)c1ccc(CO)cc1. The summed E-state index contributed by atoms with van der Waals surface area (Å²) in [6.07, 6.45) is 4.94. The third-order valence-corrected chi connectivity index (χ3v) is 3.28. The van der Waals surface area contributed by atoms with Gasteiger partial charge < -0.3 is 5.11 Å². The molecule has 14 heavy (non-hydrogen) atoms. The van der Waals surface area contributed by atoms with Gasteiger partial charge in [0, 0.05) is 0 Å². The van der Waals surface area contributed by atoms with Gasteiger partial charge in [-0.2, -0.15) is 0 Å². The first-order valence-electron chi connectivity index (χ1n) is 3.96. The Kier molecular flexibility index (Phi) is 3.28. The lowest BCUT2D eigenvalue weighted by molar-refractivity contribution is 0.282. The van der Waals surface area contributed by atoms with Gasteiger partial charge in [0.25, 0.3) is 0 Å². The lowest BCUT2D eigenvalue weighted by Gasteiger charge is -2.01. The molecule has 0 radical (unpaired) electrons. The van der Waals surface area contributed by atoms with Gasteiger partial charge in [0.05, 0.1) is 11.5 Å². The van der Waals surface area contributed by atoms with E-state index in [9.17, 15) is 8.42 Å². The predicted octanol–water partition coefficient (Wildman–Crippen LogP) is 0.586. The third kappa shape index (κ3) is 2.34. The maximum absolute atomic E-state index is 11.4. The second-order valence-corrected chi connectivity index (χ2v) is 4.75. The molecule has 0 aliphatic heterocycles. The monoisotopic (exact) mass is 210 g/mol. The molecule has 0 aliphatic carbocycles. The van der Waals surface area contributed by atoms with Crippen LogP contribution < -0.4 is 0 Å². The van der Waals surface area contributed by atoms with E-state index >= 15 is 0 Å². The summed E-state index contributed by atoms with van der Waals surface area (Å²) in [6.45, 7) is -0.102. The minimum Gasteiger partial charge on any atom is -0.392 e. The molecule has 0 amide bonds. The van der Waals surface area contributed by atoms with Crippen LogP contribution in [0.15, 0.2) is 29.2 Å². The summed E-state index contributed by atoms with van der Waals surface area (Å²) in [5, 5.41) is 8.75. The molecule has 0 aromatic heterocycles. The molecule has 0 heterocycles. The highest BCUT2D eigenvalue weighted by Crippen LogP contribution is 2.11. The molecule has 0 fully saturated rings. The molecule has 0 spiro atoms. The number of terminal acetylenes is 1. The van der Waals surface area contributed by atoms with Crippen molar-refractivity contribution in [3.63, 3.8) is 0 Å². The van der Waals surface area contributed by atoms with Crippen molar-refractivity contribution in [2.45, 2.75) is 11.5 Å². The number of hydrogen-bond acceptors (Lipinski definition) is 3. The van der Waals surface area contributed by atoms with E-state index in [2.05, 4.69) is 5.92 Å². The Bertz CT molecular complexity index is 437. The summed E-state index contributed by atoms with van der Waals surface area (Å²) in [5.41, 5.74) is 0.671. The second-order valence-electron chi connectivity index (χ2n) is 2.77. The second kappa shape index (κ2) is 4.27. The number of rotatable bonds is 3. The van der Waals surface area contributed by atoms with Gasteiger partial charge in [-0.1, -0.05) is 18.1 Å². The smallest absolute Gasteiger partial charge is 0.189 e.